The van der Waals surface area contributed by atoms with Crippen LogP contribution in [0.25, 0.3) is 0 Å². The highest BCUT2D eigenvalue weighted by Gasteiger charge is 2.50. The second-order valence-corrected chi connectivity index (χ2v) is 10.2. The summed E-state index contributed by atoms with van der Waals surface area (Å²) in [5.41, 5.74) is 0. The molecular weight excluding hydrogens is 439 g/mol. The fraction of sp³-hybridized carbons (Fsp3) is 0.810. The van der Waals surface area contributed by atoms with E-state index in [4.69, 9.17) is 18.8 Å². The van der Waals surface area contributed by atoms with E-state index >= 15 is 0 Å². The Bertz CT molecular complexity index is 520. The Morgan fingerprint density at radius 2 is 1.14 bits per heavy atom. The minimum absolute atomic E-state index is 0.135. The van der Waals surface area contributed by atoms with Crippen molar-refractivity contribution in [3.8, 4) is 0 Å². The molecule has 8 heteroatoms. The van der Waals surface area contributed by atoms with Crippen LogP contribution in [0, 0.1) is 23.7 Å². The van der Waals surface area contributed by atoms with Gasteiger partial charge in [0.15, 0.2) is 12.2 Å². The summed E-state index contributed by atoms with van der Waals surface area (Å²) in [7, 11) is -0.773. The van der Waals surface area contributed by atoms with Gasteiger partial charge in [0.1, 0.15) is 12.2 Å². The minimum atomic E-state index is -1.17. The van der Waals surface area contributed by atoms with Crippen molar-refractivity contribution in [1.82, 2.24) is 0 Å². The summed E-state index contributed by atoms with van der Waals surface area (Å²) in [6.07, 6.45) is -2.60. The Morgan fingerprint density at radius 3 is 1.38 bits per heavy atom. The van der Waals surface area contributed by atoms with Gasteiger partial charge < -0.3 is 18.8 Å². The number of allylic oxidation sites excluding steroid dienone is 1. The van der Waals surface area contributed by atoms with Crippen LogP contribution >= 0.6 is 15.9 Å². The fourth-order valence-electron chi connectivity index (χ4n) is 3.62. The number of halogens is 1. The molecular formula is C21H36BBrO6. The van der Waals surface area contributed by atoms with E-state index in [1.54, 1.807) is 0 Å². The van der Waals surface area contributed by atoms with Gasteiger partial charge in [0.25, 0.3) is 0 Å². The quantitative estimate of drug-likeness (QED) is 0.340. The monoisotopic (exact) mass is 474 g/mol. The van der Waals surface area contributed by atoms with E-state index in [-0.39, 0.29) is 35.9 Å². The van der Waals surface area contributed by atoms with Crippen LogP contribution < -0.4 is 0 Å². The molecule has 0 aromatic rings. The molecule has 29 heavy (non-hydrogen) atoms. The van der Waals surface area contributed by atoms with Crippen molar-refractivity contribution in [2.75, 3.05) is 0 Å². The third-order valence-electron chi connectivity index (χ3n) is 4.86. The molecule has 0 aromatic heterocycles. The molecule has 0 spiro atoms. The average Bonchev–Trinajstić information content (AvgIpc) is 2.99. The molecule has 0 saturated carbocycles. The maximum Gasteiger partial charge on any atom is 0.463 e. The zero-order valence-electron chi connectivity index (χ0n) is 18.9. The number of ether oxygens (including phenoxy) is 2. The predicted octanol–water partition coefficient (Wildman–Crippen LogP) is 4.61. The average molecular weight is 475 g/mol. The normalized spacial score (nSPS) is 19.9. The van der Waals surface area contributed by atoms with Crippen molar-refractivity contribution >= 4 is 35.0 Å². The second kappa shape index (κ2) is 11.5. The third-order valence-corrected chi connectivity index (χ3v) is 5.18. The number of esters is 2. The van der Waals surface area contributed by atoms with Crippen molar-refractivity contribution in [2.24, 2.45) is 23.7 Å². The summed E-state index contributed by atoms with van der Waals surface area (Å²) in [5.74, 6) is -0.667. The van der Waals surface area contributed by atoms with E-state index in [1.807, 2.05) is 55.4 Å². The Morgan fingerprint density at radius 1 is 0.828 bits per heavy atom. The van der Waals surface area contributed by atoms with Gasteiger partial charge in [-0.1, -0.05) is 77.9 Å². The first kappa shape index (κ1) is 26.2. The largest absolute Gasteiger partial charge is 0.463 e. The summed E-state index contributed by atoms with van der Waals surface area (Å²) in [6, 6.07) is 0. The van der Waals surface area contributed by atoms with Crippen molar-refractivity contribution in [1.29, 1.82) is 0 Å². The summed E-state index contributed by atoms with van der Waals surface area (Å²) in [4.78, 5) is 25.8. The molecule has 0 aromatic carbocycles. The first-order valence-electron chi connectivity index (χ1n) is 10.4. The summed E-state index contributed by atoms with van der Waals surface area (Å²) in [6.45, 7) is 19.7. The number of carbonyl (C=O) groups excluding carboxylic acids is 2. The van der Waals surface area contributed by atoms with Gasteiger partial charge in [-0.05, 0) is 28.2 Å². The zero-order chi connectivity index (χ0) is 22.5. The van der Waals surface area contributed by atoms with Crippen LogP contribution in [0.4, 0.5) is 0 Å². The lowest BCUT2D eigenvalue weighted by Gasteiger charge is -2.28. The van der Waals surface area contributed by atoms with Crippen molar-refractivity contribution in [3.05, 3.63) is 11.1 Å². The number of hydrogen-bond donors (Lipinski definition) is 0. The highest BCUT2D eigenvalue weighted by atomic mass is 79.9. The summed E-state index contributed by atoms with van der Waals surface area (Å²) >= 11 is 3.27. The fourth-order valence-corrected chi connectivity index (χ4v) is 3.89. The highest BCUT2D eigenvalue weighted by Crippen LogP contribution is 2.28. The molecule has 6 nitrogen and oxygen atoms in total. The standard InChI is InChI=1S/C21H36BBrO6/c1-11(2)16(12(3)4)26-20(24)18-19(29-22(28-18)10-15(9)23)21(25)27-17(13(5)6)14(7)8/h11-14,16-19H,9-10H2,1-8H3. The van der Waals surface area contributed by atoms with Gasteiger partial charge >= 0.3 is 19.1 Å². The van der Waals surface area contributed by atoms with Crippen molar-refractivity contribution in [3.63, 3.8) is 0 Å². The molecule has 1 fully saturated rings. The van der Waals surface area contributed by atoms with E-state index in [1.165, 1.54) is 0 Å². The molecule has 1 saturated heterocycles. The molecule has 1 aliphatic heterocycles. The molecule has 166 valence electrons. The van der Waals surface area contributed by atoms with Crippen LogP contribution in [0.1, 0.15) is 55.4 Å². The van der Waals surface area contributed by atoms with E-state index in [2.05, 4.69) is 22.5 Å². The van der Waals surface area contributed by atoms with E-state index in [0.717, 1.165) is 0 Å². The lowest BCUT2D eigenvalue weighted by molar-refractivity contribution is -0.174. The Kier molecular flexibility index (Phi) is 10.4. The highest BCUT2D eigenvalue weighted by molar-refractivity contribution is 9.11. The molecule has 0 bridgehead atoms. The van der Waals surface area contributed by atoms with Crippen molar-refractivity contribution in [2.45, 2.75) is 86.1 Å². The Hall–Kier alpha value is -0.855. The summed E-state index contributed by atoms with van der Waals surface area (Å²) < 4.78 is 23.5. The van der Waals surface area contributed by atoms with Crippen LogP contribution in [0.2, 0.25) is 6.32 Å². The van der Waals surface area contributed by atoms with Crippen molar-refractivity contribution < 1.29 is 28.4 Å². The molecule has 0 aliphatic carbocycles. The molecule has 0 radical (unpaired) electrons. The predicted molar refractivity (Wildman–Crippen MR) is 117 cm³/mol. The van der Waals surface area contributed by atoms with Gasteiger partial charge in [-0.25, -0.2) is 9.59 Å². The second-order valence-electron chi connectivity index (χ2n) is 9.04. The van der Waals surface area contributed by atoms with Gasteiger partial charge in [-0.2, -0.15) is 0 Å². The number of rotatable bonds is 10. The molecule has 2 unspecified atom stereocenters. The smallest absolute Gasteiger partial charge is 0.460 e. The van der Waals surface area contributed by atoms with Crippen LogP contribution in [0.15, 0.2) is 11.1 Å². The molecule has 2 atom stereocenters. The zero-order valence-corrected chi connectivity index (χ0v) is 20.5. The summed E-state index contributed by atoms with van der Waals surface area (Å²) in [5, 5.41) is 0. The minimum Gasteiger partial charge on any atom is -0.460 e. The van der Waals surface area contributed by atoms with Gasteiger partial charge in [0.05, 0.1) is 0 Å². The molecule has 0 N–H and O–H groups in total. The maximum atomic E-state index is 12.9. The number of hydrogen-bond acceptors (Lipinski definition) is 6. The van der Waals surface area contributed by atoms with E-state index in [9.17, 15) is 9.59 Å². The number of carbonyl (C=O) groups is 2. The lowest BCUT2D eigenvalue weighted by atomic mass is 9.85. The Labute approximate surface area is 184 Å². The Balaban J connectivity index is 3.01. The third kappa shape index (κ3) is 7.72. The topological polar surface area (TPSA) is 71.1 Å². The van der Waals surface area contributed by atoms with Gasteiger partial charge in [-0.15, -0.1) is 0 Å². The molecule has 1 heterocycles. The molecule has 1 rings (SSSR count). The van der Waals surface area contributed by atoms with Gasteiger partial charge in [0.2, 0.25) is 0 Å². The molecule has 1 aliphatic rings. The van der Waals surface area contributed by atoms with Gasteiger partial charge in [-0.3, -0.25) is 0 Å². The van der Waals surface area contributed by atoms with Crippen LogP contribution in [-0.2, 0) is 28.4 Å². The van der Waals surface area contributed by atoms with E-state index < -0.39 is 31.3 Å². The first-order chi connectivity index (χ1) is 13.3. The van der Waals surface area contributed by atoms with E-state index in [0.29, 0.717) is 10.8 Å². The van der Waals surface area contributed by atoms with Crippen LogP contribution in [-0.4, -0.2) is 43.5 Å². The maximum absolute atomic E-state index is 12.9. The lowest BCUT2D eigenvalue weighted by Crippen LogP contribution is -2.44. The van der Waals surface area contributed by atoms with Crippen LogP contribution in [0.5, 0.6) is 0 Å². The first-order valence-corrected chi connectivity index (χ1v) is 11.2. The molecule has 0 amide bonds. The SMILES string of the molecule is C=C(Br)CB1OC(C(=O)OC(C(C)C)C(C)C)C(C(=O)OC(C(C)C)C(C)C)O1. The van der Waals surface area contributed by atoms with Crippen LogP contribution in [0.3, 0.4) is 0 Å². The van der Waals surface area contributed by atoms with Gasteiger partial charge in [0, 0.05) is 6.32 Å².